The summed E-state index contributed by atoms with van der Waals surface area (Å²) in [5, 5.41) is 3.39. The lowest BCUT2D eigenvalue weighted by atomic mass is 10.00. The van der Waals surface area contributed by atoms with Gasteiger partial charge in [0, 0.05) is 25.4 Å². The number of halogens is 1. The number of hydrogen-bond donors (Lipinski definition) is 1. The number of piperidine rings is 1. The van der Waals surface area contributed by atoms with Crippen LogP contribution in [0.3, 0.4) is 0 Å². The minimum absolute atomic E-state index is 0. The minimum Gasteiger partial charge on any atom is -0.313 e. The fourth-order valence-electron chi connectivity index (χ4n) is 1.65. The van der Waals surface area contributed by atoms with Crippen molar-refractivity contribution in [3.05, 3.63) is 0 Å². The highest BCUT2D eigenvalue weighted by Crippen LogP contribution is 2.34. The van der Waals surface area contributed by atoms with Gasteiger partial charge in [-0.25, -0.2) is 0 Å². The standard InChI is InChI=1S/C8H13NO.ClH/c10-7-3-4-9-8(5-7)6-1-2-6;/h6,8-9H,1-5H2;1H. The first kappa shape index (κ1) is 9.01. The van der Waals surface area contributed by atoms with Crippen LogP contribution in [0, 0.1) is 5.92 Å². The van der Waals surface area contributed by atoms with Gasteiger partial charge < -0.3 is 5.32 Å². The zero-order valence-electron chi connectivity index (χ0n) is 6.51. The van der Waals surface area contributed by atoms with Crippen molar-refractivity contribution in [3.8, 4) is 0 Å². The largest absolute Gasteiger partial charge is 0.313 e. The molecule has 1 aliphatic carbocycles. The summed E-state index contributed by atoms with van der Waals surface area (Å²) in [6, 6.07) is 0.543. The Bertz CT molecular complexity index is 156. The molecule has 1 saturated carbocycles. The van der Waals surface area contributed by atoms with Crippen molar-refractivity contribution in [2.24, 2.45) is 5.92 Å². The van der Waals surface area contributed by atoms with E-state index >= 15 is 0 Å². The second-order valence-corrected chi connectivity index (χ2v) is 3.39. The lowest BCUT2D eigenvalue weighted by Gasteiger charge is -2.21. The molecule has 3 heteroatoms. The van der Waals surface area contributed by atoms with Crippen LogP contribution in [-0.4, -0.2) is 18.4 Å². The Morgan fingerprint density at radius 3 is 2.64 bits per heavy atom. The number of Topliss-reactive ketones (excluding diaryl/α,β-unsaturated/α-hetero) is 1. The van der Waals surface area contributed by atoms with Crippen molar-refractivity contribution < 1.29 is 4.79 Å². The van der Waals surface area contributed by atoms with Crippen molar-refractivity contribution in [1.82, 2.24) is 5.32 Å². The number of nitrogens with one attached hydrogen (secondary N) is 1. The summed E-state index contributed by atoms with van der Waals surface area (Å²) < 4.78 is 0. The van der Waals surface area contributed by atoms with E-state index in [1.807, 2.05) is 0 Å². The van der Waals surface area contributed by atoms with Crippen LogP contribution in [-0.2, 0) is 4.79 Å². The molecule has 0 amide bonds. The van der Waals surface area contributed by atoms with Gasteiger partial charge in [-0.2, -0.15) is 0 Å². The summed E-state index contributed by atoms with van der Waals surface area (Å²) in [5.74, 6) is 1.29. The van der Waals surface area contributed by atoms with Gasteiger partial charge in [0.1, 0.15) is 5.78 Å². The van der Waals surface area contributed by atoms with Crippen LogP contribution in [0.15, 0.2) is 0 Å². The van der Waals surface area contributed by atoms with Gasteiger partial charge in [0.25, 0.3) is 0 Å². The van der Waals surface area contributed by atoms with Gasteiger partial charge in [-0.3, -0.25) is 4.79 Å². The van der Waals surface area contributed by atoms with Crippen LogP contribution in [0.5, 0.6) is 0 Å². The molecule has 1 unspecified atom stereocenters. The van der Waals surface area contributed by atoms with Gasteiger partial charge in [0.15, 0.2) is 0 Å². The molecule has 1 atom stereocenters. The zero-order chi connectivity index (χ0) is 6.97. The van der Waals surface area contributed by atoms with Crippen molar-refractivity contribution >= 4 is 18.2 Å². The molecule has 1 saturated heterocycles. The molecule has 2 rings (SSSR count). The molecule has 1 N–H and O–H groups in total. The highest BCUT2D eigenvalue weighted by atomic mass is 35.5. The molecule has 0 aromatic heterocycles. The second-order valence-electron chi connectivity index (χ2n) is 3.39. The predicted octanol–water partition coefficient (Wildman–Crippen LogP) is 1.14. The summed E-state index contributed by atoms with van der Waals surface area (Å²) in [6.45, 7) is 0.917. The van der Waals surface area contributed by atoms with Crippen LogP contribution in [0.1, 0.15) is 25.7 Å². The van der Waals surface area contributed by atoms with E-state index in [0.29, 0.717) is 11.8 Å². The summed E-state index contributed by atoms with van der Waals surface area (Å²) >= 11 is 0. The number of hydrogen-bond acceptors (Lipinski definition) is 2. The fourth-order valence-corrected chi connectivity index (χ4v) is 1.65. The second kappa shape index (κ2) is 3.55. The quantitative estimate of drug-likeness (QED) is 0.648. The maximum atomic E-state index is 11.0. The molecule has 1 aliphatic heterocycles. The minimum atomic E-state index is 0. The number of carbonyl (C=O) groups is 1. The maximum Gasteiger partial charge on any atom is 0.135 e. The normalized spacial score (nSPS) is 31.3. The Morgan fingerprint density at radius 1 is 1.36 bits per heavy atom. The van der Waals surface area contributed by atoms with Gasteiger partial charge in [0.2, 0.25) is 0 Å². The lowest BCUT2D eigenvalue weighted by Crippen LogP contribution is -2.39. The molecule has 0 aromatic rings. The summed E-state index contributed by atoms with van der Waals surface area (Å²) in [7, 11) is 0. The van der Waals surface area contributed by atoms with Gasteiger partial charge in [-0.15, -0.1) is 12.4 Å². The molecule has 2 fully saturated rings. The van der Waals surface area contributed by atoms with Crippen molar-refractivity contribution in [2.75, 3.05) is 6.54 Å². The highest BCUT2D eigenvalue weighted by molar-refractivity contribution is 5.85. The topological polar surface area (TPSA) is 29.1 Å². The smallest absolute Gasteiger partial charge is 0.135 e. The maximum absolute atomic E-state index is 11.0. The Morgan fingerprint density at radius 2 is 2.09 bits per heavy atom. The van der Waals surface area contributed by atoms with E-state index in [1.165, 1.54) is 12.8 Å². The Kier molecular flexibility index (Phi) is 2.90. The molecule has 0 spiro atoms. The van der Waals surface area contributed by atoms with Gasteiger partial charge in [-0.05, 0) is 18.8 Å². The van der Waals surface area contributed by atoms with Crippen molar-refractivity contribution in [2.45, 2.75) is 31.7 Å². The van der Waals surface area contributed by atoms with E-state index in [0.717, 1.165) is 25.3 Å². The summed E-state index contributed by atoms with van der Waals surface area (Å²) in [5.41, 5.74) is 0. The first-order valence-corrected chi connectivity index (χ1v) is 4.11. The summed E-state index contributed by atoms with van der Waals surface area (Å²) in [6.07, 6.45) is 4.23. The van der Waals surface area contributed by atoms with Crippen LogP contribution < -0.4 is 5.32 Å². The highest BCUT2D eigenvalue weighted by Gasteiger charge is 2.33. The van der Waals surface area contributed by atoms with Crippen LogP contribution in [0.4, 0.5) is 0 Å². The fraction of sp³-hybridized carbons (Fsp3) is 0.875. The molecule has 2 aliphatic rings. The third-order valence-electron chi connectivity index (χ3n) is 2.45. The zero-order valence-corrected chi connectivity index (χ0v) is 7.32. The van der Waals surface area contributed by atoms with Gasteiger partial charge in [0.05, 0.1) is 0 Å². The molecule has 2 nitrogen and oxygen atoms in total. The molecular weight excluding hydrogens is 162 g/mol. The van der Waals surface area contributed by atoms with Crippen molar-refractivity contribution in [3.63, 3.8) is 0 Å². The molecule has 0 radical (unpaired) electrons. The van der Waals surface area contributed by atoms with Crippen LogP contribution in [0.25, 0.3) is 0 Å². The number of carbonyl (C=O) groups excluding carboxylic acids is 1. The Labute approximate surface area is 73.1 Å². The van der Waals surface area contributed by atoms with E-state index < -0.39 is 0 Å². The molecule has 64 valence electrons. The van der Waals surface area contributed by atoms with E-state index in [9.17, 15) is 4.79 Å². The van der Waals surface area contributed by atoms with Gasteiger partial charge in [-0.1, -0.05) is 0 Å². The average Bonchev–Trinajstić information content (AvgIpc) is 2.68. The third kappa shape index (κ3) is 2.17. The lowest BCUT2D eigenvalue weighted by molar-refractivity contribution is -0.120. The molecule has 11 heavy (non-hydrogen) atoms. The van der Waals surface area contributed by atoms with E-state index in [-0.39, 0.29) is 12.4 Å². The van der Waals surface area contributed by atoms with Gasteiger partial charge >= 0.3 is 0 Å². The first-order valence-electron chi connectivity index (χ1n) is 4.11. The Hall–Kier alpha value is -0.0800. The monoisotopic (exact) mass is 175 g/mol. The molecule has 1 heterocycles. The van der Waals surface area contributed by atoms with E-state index in [2.05, 4.69) is 5.32 Å². The molecular formula is C8H14ClNO. The molecule has 0 aromatic carbocycles. The molecule has 0 bridgehead atoms. The Balaban J connectivity index is 0.000000605. The average molecular weight is 176 g/mol. The van der Waals surface area contributed by atoms with E-state index in [1.54, 1.807) is 0 Å². The van der Waals surface area contributed by atoms with Crippen LogP contribution >= 0.6 is 12.4 Å². The van der Waals surface area contributed by atoms with Crippen LogP contribution in [0.2, 0.25) is 0 Å². The number of rotatable bonds is 1. The SMILES string of the molecule is Cl.O=C1CCNC(C2CC2)C1. The first-order chi connectivity index (χ1) is 4.86. The third-order valence-corrected chi connectivity index (χ3v) is 2.45. The van der Waals surface area contributed by atoms with Crippen molar-refractivity contribution in [1.29, 1.82) is 0 Å². The predicted molar refractivity (Wildman–Crippen MR) is 46.0 cm³/mol. The number of ketones is 1. The van der Waals surface area contributed by atoms with E-state index in [4.69, 9.17) is 0 Å². The summed E-state index contributed by atoms with van der Waals surface area (Å²) in [4.78, 5) is 11.0.